The fraction of sp³-hybridized carbons (Fsp3) is 0.846. The van der Waals surface area contributed by atoms with E-state index in [1.807, 2.05) is 6.92 Å². The lowest BCUT2D eigenvalue weighted by Gasteiger charge is -2.37. The van der Waals surface area contributed by atoms with Gasteiger partial charge in [0.25, 0.3) is 0 Å². The van der Waals surface area contributed by atoms with Gasteiger partial charge in [0, 0.05) is 26.1 Å². The van der Waals surface area contributed by atoms with Crippen molar-refractivity contribution in [2.45, 2.75) is 50.6 Å². The number of nitrogens with zero attached hydrogens (tertiary/aromatic N) is 1. The first-order chi connectivity index (χ1) is 8.51. The number of carbonyl (C=O) groups excluding carboxylic acids is 2. The van der Waals surface area contributed by atoms with Crippen LogP contribution in [-0.4, -0.2) is 48.4 Å². The van der Waals surface area contributed by atoms with Gasteiger partial charge in [0.05, 0.1) is 5.54 Å². The Labute approximate surface area is 108 Å². The lowest BCUT2D eigenvalue weighted by atomic mass is 9.89. The zero-order valence-electron chi connectivity index (χ0n) is 11.3. The molecule has 0 aromatic heterocycles. The van der Waals surface area contributed by atoms with Gasteiger partial charge >= 0.3 is 0 Å². The summed E-state index contributed by atoms with van der Waals surface area (Å²) in [7, 11) is 1.79. The Hall–Kier alpha value is -1.10. The van der Waals surface area contributed by atoms with E-state index >= 15 is 0 Å². The molecule has 2 N–H and O–H groups in total. The van der Waals surface area contributed by atoms with E-state index in [1.165, 1.54) is 0 Å². The number of rotatable bonds is 2. The summed E-state index contributed by atoms with van der Waals surface area (Å²) in [5, 5.41) is 6.40. The lowest BCUT2D eigenvalue weighted by Crippen LogP contribution is -2.60. The van der Waals surface area contributed by atoms with E-state index in [2.05, 4.69) is 10.6 Å². The van der Waals surface area contributed by atoms with Gasteiger partial charge in [0.1, 0.15) is 0 Å². The maximum atomic E-state index is 12.3. The second-order valence-electron chi connectivity index (χ2n) is 5.70. The average Bonchev–Trinajstić information content (AvgIpc) is 2.35. The molecule has 2 heterocycles. The summed E-state index contributed by atoms with van der Waals surface area (Å²) in [5.41, 5.74) is -0.432. The summed E-state index contributed by atoms with van der Waals surface area (Å²) in [6, 6.07) is 0.0979. The van der Waals surface area contributed by atoms with Gasteiger partial charge in [-0.2, -0.15) is 0 Å². The minimum Gasteiger partial charge on any atom is -0.350 e. The zero-order chi connectivity index (χ0) is 13.2. The number of likely N-dealkylation sites (tertiary alicyclic amines) is 1. The van der Waals surface area contributed by atoms with Crippen LogP contribution >= 0.6 is 0 Å². The Morgan fingerprint density at radius 3 is 2.89 bits per heavy atom. The van der Waals surface area contributed by atoms with E-state index < -0.39 is 5.54 Å². The first-order valence-corrected chi connectivity index (χ1v) is 6.81. The van der Waals surface area contributed by atoms with E-state index in [0.717, 1.165) is 32.2 Å². The van der Waals surface area contributed by atoms with Crippen molar-refractivity contribution in [3.8, 4) is 0 Å². The average molecular weight is 253 g/mol. The Bertz CT molecular complexity index is 337. The van der Waals surface area contributed by atoms with Gasteiger partial charge in [-0.1, -0.05) is 0 Å². The van der Waals surface area contributed by atoms with Crippen LogP contribution in [0.4, 0.5) is 0 Å². The van der Waals surface area contributed by atoms with Gasteiger partial charge in [0.2, 0.25) is 11.8 Å². The molecular formula is C13H23N3O2. The van der Waals surface area contributed by atoms with Gasteiger partial charge in [-0.05, 0) is 39.2 Å². The van der Waals surface area contributed by atoms with Crippen molar-refractivity contribution in [2.24, 2.45) is 0 Å². The number of hydrogen-bond acceptors (Lipinski definition) is 3. The van der Waals surface area contributed by atoms with Gasteiger partial charge < -0.3 is 15.5 Å². The SMILES string of the molecule is CN1CC(NC(=O)C2(C)CCCCN2)CCC1=O. The molecule has 2 amide bonds. The van der Waals surface area contributed by atoms with E-state index in [9.17, 15) is 9.59 Å². The maximum Gasteiger partial charge on any atom is 0.240 e. The van der Waals surface area contributed by atoms with Crippen LogP contribution in [0, 0.1) is 0 Å². The third-order valence-corrected chi connectivity index (χ3v) is 4.08. The molecule has 2 aliphatic rings. The van der Waals surface area contributed by atoms with Crippen LogP contribution in [0.3, 0.4) is 0 Å². The van der Waals surface area contributed by atoms with Crippen molar-refractivity contribution in [3.05, 3.63) is 0 Å². The molecule has 0 saturated carbocycles. The predicted molar refractivity (Wildman–Crippen MR) is 69.1 cm³/mol. The van der Waals surface area contributed by atoms with Gasteiger partial charge in [-0.15, -0.1) is 0 Å². The Morgan fingerprint density at radius 2 is 2.28 bits per heavy atom. The molecule has 2 atom stereocenters. The van der Waals surface area contributed by atoms with Crippen LogP contribution in [0.15, 0.2) is 0 Å². The number of hydrogen-bond donors (Lipinski definition) is 2. The van der Waals surface area contributed by atoms with E-state index in [-0.39, 0.29) is 17.9 Å². The Morgan fingerprint density at radius 1 is 1.50 bits per heavy atom. The lowest BCUT2D eigenvalue weighted by molar-refractivity contribution is -0.135. The van der Waals surface area contributed by atoms with Crippen LogP contribution in [0.5, 0.6) is 0 Å². The fourth-order valence-corrected chi connectivity index (χ4v) is 2.72. The highest BCUT2D eigenvalue weighted by Gasteiger charge is 2.36. The molecule has 18 heavy (non-hydrogen) atoms. The summed E-state index contributed by atoms with van der Waals surface area (Å²) in [6.45, 7) is 3.51. The first-order valence-electron chi connectivity index (χ1n) is 6.81. The highest BCUT2D eigenvalue weighted by atomic mass is 16.2. The smallest absolute Gasteiger partial charge is 0.240 e. The minimum atomic E-state index is -0.432. The topological polar surface area (TPSA) is 61.4 Å². The molecule has 0 aromatic rings. The second kappa shape index (κ2) is 5.26. The van der Waals surface area contributed by atoms with Gasteiger partial charge in [-0.3, -0.25) is 9.59 Å². The quantitative estimate of drug-likeness (QED) is 0.742. The summed E-state index contributed by atoms with van der Waals surface area (Å²) >= 11 is 0. The minimum absolute atomic E-state index is 0.0787. The summed E-state index contributed by atoms with van der Waals surface area (Å²) in [5.74, 6) is 0.248. The standard InChI is InChI=1S/C13H23N3O2/c1-13(7-3-4-8-14-13)12(18)15-10-5-6-11(17)16(2)9-10/h10,14H,3-9H2,1-2H3,(H,15,18). The van der Waals surface area contributed by atoms with Crippen LogP contribution in [0.25, 0.3) is 0 Å². The highest BCUT2D eigenvalue weighted by Crippen LogP contribution is 2.20. The summed E-state index contributed by atoms with van der Waals surface area (Å²) in [6.07, 6.45) is 4.42. The van der Waals surface area contributed by atoms with Crippen molar-refractivity contribution >= 4 is 11.8 Å². The molecule has 2 fully saturated rings. The van der Waals surface area contributed by atoms with Crippen molar-refractivity contribution in [2.75, 3.05) is 20.1 Å². The van der Waals surface area contributed by atoms with Gasteiger partial charge in [-0.25, -0.2) is 0 Å². The van der Waals surface area contributed by atoms with Crippen molar-refractivity contribution in [3.63, 3.8) is 0 Å². The van der Waals surface area contributed by atoms with E-state index in [4.69, 9.17) is 0 Å². The monoisotopic (exact) mass is 253 g/mol. The number of carbonyl (C=O) groups is 2. The first kappa shape index (κ1) is 13.3. The highest BCUT2D eigenvalue weighted by molar-refractivity contribution is 5.86. The largest absolute Gasteiger partial charge is 0.350 e. The third-order valence-electron chi connectivity index (χ3n) is 4.08. The maximum absolute atomic E-state index is 12.3. The summed E-state index contributed by atoms with van der Waals surface area (Å²) in [4.78, 5) is 25.4. The molecular weight excluding hydrogens is 230 g/mol. The van der Waals surface area contributed by atoms with E-state index in [1.54, 1.807) is 11.9 Å². The molecule has 5 heteroatoms. The molecule has 102 valence electrons. The Kier molecular flexibility index (Phi) is 3.90. The normalized spacial score (nSPS) is 33.3. The third kappa shape index (κ3) is 2.83. The molecule has 5 nitrogen and oxygen atoms in total. The molecule has 0 aromatic carbocycles. The van der Waals surface area contributed by atoms with Crippen LogP contribution in [-0.2, 0) is 9.59 Å². The van der Waals surface area contributed by atoms with Crippen molar-refractivity contribution in [1.29, 1.82) is 0 Å². The second-order valence-corrected chi connectivity index (χ2v) is 5.70. The molecule has 2 rings (SSSR count). The molecule has 0 radical (unpaired) electrons. The molecule has 2 saturated heterocycles. The van der Waals surface area contributed by atoms with Crippen LogP contribution < -0.4 is 10.6 Å². The fourth-order valence-electron chi connectivity index (χ4n) is 2.72. The van der Waals surface area contributed by atoms with Crippen molar-refractivity contribution in [1.82, 2.24) is 15.5 Å². The number of piperidine rings is 2. The zero-order valence-corrected chi connectivity index (χ0v) is 11.3. The van der Waals surface area contributed by atoms with Crippen LogP contribution in [0.2, 0.25) is 0 Å². The summed E-state index contributed by atoms with van der Waals surface area (Å²) < 4.78 is 0. The molecule has 2 aliphatic heterocycles. The number of amides is 2. The molecule has 2 unspecified atom stereocenters. The van der Waals surface area contributed by atoms with Gasteiger partial charge in [0.15, 0.2) is 0 Å². The van der Waals surface area contributed by atoms with E-state index in [0.29, 0.717) is 13.0 Å². The predicted octanol–water partition coefficient (Wildman–Crippen LogP) is 0.256. The number of nitrogens with one attached hydrogen (secondary N) is 2. The van der Waals surface area contributed by atoms with Crippen molar-refractivity contribution < 1.29 is 9.59 Å². The molecule has 0 bridgehead atoms. The molecule has 0 spiro atoms. The molecule has 0 aliphatic carbocycles. The number of likely N-dealkylation sites (N-methyl/N-ethyl adjacent to an activating group) is 1. The Balaban J connectivity index is 1.89. The van der Waals surface area contributed by atoms with Crippen LogP contribution in [0.1, 0.15) is 39.0 Å².